The number of nitrogens with zero attached hydrogens (tertiary/aromatic N) is 1. The molecule has 0 unspecified atom stereocenters. The molecule has 1 aromatic carbocycles. The fourth-order valence-corrected chi connectivity index (χ4v) is 1.97. The van der Waals surface area contributed by atoms with E-state index in [-0.39, 0.29) is 0 Å². The summed E-state index contributed by atoms with van der Waals surface area (Å²) in [4.78, 5) is 4.17. The number of pyridine rings is 1. The minimum atomic E-state index is 0.431. The molecule has 1 aromatic heterocycles. The molecule has 0 saturated carbocycles. The van der Waals surface area contributed by atoms with Crippen LogP contribution in [0.1, 0.15) is 5.69 Å². The van der Waals surface area contributed by atoms with Crippen molar-refractivity contribution in [1.29, 1.82) is 0 Å². The molecule has 0 aliphatic carbocycles. The lowest BCUT2D eigenvalue weighted by Crippen LogP contribution is -1.98. The number of halogens is 2. The summed E-state index contributed by atoms with van der Waals surface area (Å²) < 4.78 is 6.73. The smallest absolute Gasteiger partial charge is 0.133 e. The third-order valence-corrected chi connectivity index (χ3v) is 3.12. The lowest BCUT2D eigenvalue weighted by atomic mass is 10.3. The topological polar surface area (TPSA) is 22.1 Å². The Hall–Kier alpha value is -0.810. The van der Waals surface area contributed by atoms with Gasteiger partial charge in [0.15, 0.2) is 0 Å². The van der Waals surface area contributed by atoms with Crippen molar-refractivity contribution in [3.8, 4) is 5.75 Å². The fourth-order valence-electron chi connectivity index (χ4n) is 1.24. The molecule has 0 atom stereocenters. The molecule has 0 spiro atoms. The van der Waals surface area contributed by atoms with E-state index in [1.165, 1.54) is 0 Å². The molecule has 0 aliphatic heterocycles. The zero-order valence-electron chi connectivity index (χ0n) is 8.36. The van der Waals surface area contributed by atoms with Gasteiger partial charge in [0.05, 0.1) is 9.26 Å². The van der Waals surface area contributed by atoms with Crippen LogP contribution in [0, 0.1) is 3.57 Å². The Kier molecular flexibility index (Phi) is 4.01. The second kappa shape index (κ2) is 5.50. The van der Waals surface area contributed by atoms with Crippen molar-refractivity contribution < 1.29 is 4.74 Å². The van der Waals surface area contributed by atoms with E-state index in [1.807, 2.05) is 24.3 Å². The first kappa shape index (κ1) is 11.7. The van der Waals surface area contributed by atoms with Gasteiger partial charge in [0.1, 0.15) is 12.4 Å². The van der Waals surface area contributed by atoms with E-state index in [0.29, 0.717) is 11.6 Å². The number of hydrogen-bond donors (Lipinski definition) is 0. The molecule has 0 N–H and O–H groups in total. The average molecular weight is 346 g/mol. The van der Waals surface area contributed by atoms with Gasteiger partial charge in [-0.05, 0) is 46.9 Å². The van der Waals surface area contributed by atoms with Crippen LogP contribution in [-0.4, -0.2) is 4.98 Å². The van der Waals surface area contributed by atoms with Crippen LogP contribution >= 0.6 is 34.2 Å². The van der Waals surface area contributed by atoms with Gasteiger partial charge >= 0.3 is 0 Å². The van der Waals surface area contributed by atoms with Crippen LogP contribution in [0.25, 0.3) is 0 Å². The van der Waals surface area contributed by atoms with E-state index in [4.69, 9.17) is 16.3 Å². The van der Waals surface area contributed by atoms with Gasteiger partial charge < -0.3 is 4.74 Å². The molecule has 1 heterocycles. The van der Waals surface area contributed by atoms with Crippen molar-refractivity contribution in [2.45, 2.75) is 6.61 Å². The predicted molar refractivity (Wildman–Crippen MR) is 72.7 cm³/mol. The molecule has 0 amide bonds. The summed E-state index contributed by atoms with van der Waals surface area (Å²) >= 11 is 8.10. The molecule has 2 rings (SSSR count). The minimum absolute atomic E-state index is 0.431. The summed E-state index contributed by atoms with van der Waals surface area (Å²) in [5.41, 5.74) is 0.826. The monoisotopic (exact) mass is 345 g/mol. The Morgan fingerprint density at radius 2 is 2.06 bits per heavy atom. The van der Waals surface area contributed by atoms with Crippen molar-refractivity contribution in [2.75, 3.05) is 0 Å². The zero-order chi connectivity index (χ0) is 11.4. The van der Waals surface area contributed by atoms with Gasteiger partial charge in [-0.1, -0.05) is 23.7 Å². The van der Waals surface area contributed by atoms with Gasteiger partial charge in [0, 0.05) is 11.2 Å². The Labute approximate surface area is 113 Å². The average Bonchev–Trinajstić information content (AvgIpc) is 2.28. The lowest BCUT2D eigenvalue weighted by Gasteiger charge is -2.07. The summed E-state index contributed by atoms with van der Waals surface area (Å²) in [6.45, 7) is 0.431. The first-order valence-corrected chi connectivity index (χ1v) is 6.19. The maximum atomic E-state index is 5.86. The van der Waals surface area contributed by atoms with E-state index in [1.54, 1.807) is 18.3 Å². The number of ether oxygens (including phenoxy) is 1. The van der Waals surface area contributed by atoms with Crippen LogP contribution in [0.15, 0.2) is 42.6 Å². The highest BCUT2D eigenvalue weighted by atomic mass is 127. The second-order valence-corrected chi connectivity index (χ2v) is 4.78. The summed E-state index contributed by atoms with van der Waals surface area (Å²) in [6.07, 6.45) is 1.68. The number of rotatable bonds is 3. The molecule has 82 valence electrons. The van der Waals surface area contributed by atoms with E-state index >= 15 is 0 Å². The predicted octanol–water partition coefficient (Wildman–Crippen LogP) is 3.92. The van der Waals surface area contributed by atoms with E-state index in [0.717, 1.165) is 15.0 Å². The Morgan fingerprint density at radius 3 is 2.81 bits per heavy atom. The molecule has 0 bridgehead atoms. The Morgan fingerprint density at radius 1 is 1.25 bits per heavy atom. The second-order valence-electron chi connectivity index (χ2n) is 3.18. The zero-order valence-corrected chi connectivity index (χ0v) is 11.3. The first-order valence-electron chi connectivity index (χ1n) is 4.73. The van der Waals surface area contributed by atoms with E-state index in [2.05, 4.69) is 27.6 Å². The van der Waals surface area contributed by atoms with E-state index < -0.39 is 0 Å². The van der Waals surface area contributed by atoms with Crippen LogP contribution in [0.4, 0.5) is 0 Å². The Bertz CT molecular complexity index is 490. The summed E-state index contributed by atoms with van der Waals surface area (Å²) in [7, 11) is 0. The largest absolute Gasteiger partial charge is 0.486 e. The maximum absolute atomic E-state index is 5.86. The van der Waals surface area contributed by atoms with Crippen molar-refractivity contribution in [3.05, 3.63) is 56.9 Å². The van der Waals surface area contributed by atoms with Crippen LogP contribution in [0.5, 0.6) is 5.75 Å². The highest BCUT2D eigenvalue weighted by Crippen LogP contribution is 2.20. The Balaban J connectivity index is 2.05. The first-order chi connectivity index (χ1) is 7.75. The number of para-hydroxylation sites is 1. The van der Waals surface area contributed by atoms with Crippen LogP contribution in [-0.2, 0) is 6.61 Å². The van der Waals surface area contributed by atoms with Gasteiger partial charge in [-0.2, -0.15) is 0 Å². The molecule has 4 heteroatoms. The number of benzene rings is 1. The quantitative estimate of drug-likeness (QED) is 0.787. The molecule has 0 aliphatic rings. The third kappa shape index (κ3) is 3.09. The number of hydrogen-bond acceptors (Lipinski definition) is 2. The van der Waals surface area contributed by atoms with Crippen molar-refractivity contribution in [2.24, 2.45) is 0 Å². The summed E-state index contributed by atoms with van der Waals surface area (Å²) in [6, 6.07) is 11.4. The van der Waals surface area contributed by atoms with E-state index in [9.17, 15) is 0 Å². The van der Waals surface area contributed by atoms with Crippen LogP contribution in [0.2, 0.25) is 5.02 Å². The summed E-state index contributed by atoms with van der Waals surface area (Å²) in [5.74, 6) is 0.866. The van der Waals surface area contributed by atoms with Crippen LogP contribution < -0.4 is 4.74 Å². The highest BCUT2D eigenvalue weighted by Gasteiger charge is 2.01. The molecule has 2 nitrogen and oxygen atoms in total. The minimum Gasteiger partial charge on any atom is -0.486 e. The normalized spacial score (nSPS) is 10.1. The molecule has 0 saturated heterocycles. The molecule has 0 fully saturated rings. The molecule has 16 heavy (non-hydrogen) atoms. The lowest BCUT2D eigenvalue weighted by molar-refractivity contribution is 0.299. The standard InChI is InChI=1S/C12H9ClINO/c13-9-5-6-15-10(7-9)8-16-12-4-2-1-3-11(12)14/h1-7H,8H2. The van der Waals surface area contributed by atoms with Gasteiger partial charge in [-0.25, -0.2) is 0 Å². The molecular weight excluding hydrogens is 336 g/mol. The van der Waals surface area contributed by atoms with Gasteiger partial charge in [0.25, 0.3) is 0 Å². The van der Waals surface area contributed by atoms with Gasteiger partial charge in [-0.15, -0.1) is 0 Å². The molecule has 0 radical (unpaired) electrons. The maximum Gasteiger partial charge on any atom is 0.133 e. The SMILES string of the molecule is Clc1ccnc(COc2ccccc2I)c1. The third-order valence-electron chi connectivity index (χ3n) is 1.99. The summed E-state index contributed by atoms with van der Waals surface area (Å²) in [5, 5.41) is 0.677. The molecule has 2 aromatic rings. The van der Waals surface area contributed by atoms with Crippen molar-refractivity contribution in [1.82, 2.24) is 4.98 Å². The van der Waals surface area contributed by atoms with Gasteiger partial charge in [0.2, 0.25) is 0 Å². The number of aromatic nitrogens is 1. The molecular formula is C12H9ClINO. The highest BCUT2D eigenvalue weighted by molar-refractivity contribution is 14.1. The van der Waals surface area contributed by atoms with Crippen molar-refractivity contribution in [3.63, 3.8) is 0 Å². The fraction of sp³-hybridized carbons (Fsp3) is 0.0833. The van der Waals surface area contributed by atoms with Crippen LogP contribution in [0.3, 0.4) is 0 Å². The van der Waals surface area contributed by atoms with Crippen molar-refractivity contribution >= 4 is 34.2 Å². The van der Waals surface area contributed by atoms with Gasteiger partial charge in [-0.3, -0.25) is 4.98 Å².